The number of aryl methyl sites for hydroxylation is 1. The highest BCUT2D eigenvalue weighted by atomic mass is 19.1. The Hall–Kier alpha value is -2.03. The lowest BCUT2D eigenvalue weighted by Crippen LogP contribution is -1.96. The topological polar surface area (TPSA) is 35.2 Å². The van der Waals surface area contributed by atoms with E-state index in [1.807, 2.05) is 26.0 Å². The molecule has 0 spiro atoms. The lowest BCUT2D eigenvalue weighted by molar-refractivity contribution is 0.412. The molecule has 0 aromatic heterocycles. The summed E-state index contributed by atoms with van der Waals surface area (Å²) >= 11 is 0. The second-order valence-electron chi connectivity index (χ2n) is 4.33. The van der Waals surface area contributed by atoms with Crippen LogP contribution in [0.2, 0.25) is 0 Å². The van der Waals surface area contributed by atoms with E-state index < -0.39 is 0 Å². The fraction of sp³-hybridized carbons (Fsp3) is 0.200. The van der Waals surface area contributed by atoms with Crippen LogP contribution in [0.1, 0.15) is 11.1 Å². The third kappa shape index (κ3) is 2.04. The zero-order chi connectivity index (χ0) is 13.3. The number of ether oxygens (including phenoxy) is 1. The Morgan fingerprint density at radius 2 is 1.72 bits per heavy atom. The highest BCUT2D eigenvalue weighted by Gasteiger charge is 2.13. The maximum absolute atomic E-state index is 13.9. The van der Waals surface area contributed by atoms with Gasteiger partial charge in [0.25, 0.3) is 0 Å². The number of nitrogen functional groups attached to an aromatic ring is 1. The molecule has 0 aliphatic carbocycles. The van der Waals surface area contributed by atoms with Gasteiger partial charge in [0.1, 0.15) is 11.6 Å². The molecule has 0 aliphatic rings. The van der Waals surface area contributed by atoms with E-state index in [0.717, 1.165) is 16.7 Å². The van der Waals surface area contributed by atoms with Gasteiger partial charge in [0.15, 0.2) is 0 Å². The second kappa shape index (κ2) is 4.69. The number of nitrogens with two attached hydrogens (primary N) is 1. The van der Waals surface area contributed by atoms with E-state index in [4.69, 9.17) is 10.5 Å². The highest BCUT2D eigenvalue weighted by Crippen LogP contribution is 2.36. The van der Waals surface area contributed by atoms with Gasteiger partial charge >= 0.3 is 0 Å². The smallest absolute Gasteiger partial charge is 0.133 e. The molecule has 0 amide bonds. The van der Waals surface area contributed by atoms with Crippen molar-refractivity contribution in [2.24, 2.45) is 0 Å². The SMILES string of the molecule is COc1c(-c2ccc(N)cc2F)ccc(C)c1C. The summed E-state index contributed by atoms with van der Waals surface area (Å²) in [5, 5.41) is 0. The standard InChI is InChI=1S/C15H16FNO/c1-9-4-6-13(15(18-3)10(9)2)12-7-5-11(17)8-14(12)16/h4-8H,17H2,1-3H3. The monoisotopic (exact) mass is 245 g/mol. The zero-order valence-electron chi connectivity index (χ0n) is 10.8. The van der Waals surface area contributed by atoms with Crippen LogP contribution in [0.25, 0.3) is 11.1 Å². The third-order valence-electron chi connectivity index (χ3n) is 3.16. The van der Waals surface area contributed by atoms with Crippen LogP contribution in [0.4, 0.5) is 10.1 Å². The number of hydrogen-bond acceptors (Lipinski definition) is 2. The van der Waals surface area contributed by atoms with Gasteiger partial charge in [0, 0.05) is 16.8 Å². The van der Waals surface area contributed by atoms with E-state index >= 15 is 0 Å². The van der Waals surface area contributed by atoms with E-state index in [9.17, 15) is 4.39 Å². The first-order valence-corrected chi connectivity index (χ1v) is 5.74. The molecule has 0 radical (unpaired) electrons. The van der Waals surface area contributed by atoms with Crippen LogP contribution in [0.3, 0.4) is 0 Å². The molecule has 0 unspecified atom stereocenters. The van der Waals surface area contributed by atoms with E-state index in [1.165, 1.54) is 6.07 Å². The largest absolute Gasteiger partial charge is 0.496 e. The molecule has 0 bridgehead atoms. The number of methoxy groups -OCH3 is 1. The first-order chi connectivity index (χ1) is 8.54. The molecule has 2 nitrogen and oxygen atoms in total. The van der Waals surface area contributed by atoms with Crippen molar-refractivity contribution in [1.82, 2.24) is 0 Å². The van der Waals surface area contributed by atoms with E-state index in [2.05, 4.69) is 0 Å². The maximum Gasteiger partial charge on any atom is 0.133 e. The first kappa shape index (κ1) is 12.4. The van der Waals surface area contributed by atoms with Crippen LogP contribution in [0.5, 0.6) is 5.75 Å². The molecule has 0 saturated heterocycles. The predicted molar refractivity (Wildman–Crippen MR) is 72.3 cm³/mol. The molecule has 0 heterocycles. The van der Waals surface area contributed by atoms with Gasteiger partial charge in [0.2, 0.25) is 0 Å². The fourth-order valence-electron chi connectivity index (χ4n) is 2.02. The molecular weight excluding hydrogens is 229 g/mol. The molecule has 18 heavy (non-hydrogen) atoms. The lowest BCUT2D eigenvalue weighted by atomic mass is 9.98. The Morgan fingerprint density at radius 3 is 2.33 bits per heavy atom. The summed E-state index contributed by atoms with van der Waals surface area (Å²) in [5.41, 5.74) is 9.36. The van der Waals surface area contributed by atoms with Gasteiger partial charge in [-0.2, -0.15) is 0 Å². The number of benzene rings is 2. The Morgan fingerprint density at radius 1 is 1.06 bits per heavy atom. The molecule has 0 aliphatic heterocycles. The van der Waals surface area contributed by atoms with Gasteiger partial charge in [-0.1, -0.05) is 12.1 Å². The summed E-state index contributed by atoms with van der Waals surface area (Å²) < 4.78 is 19.3. The third-order valence-corrected chi connectivity index (χ3v) is 3.16. The average molecular weight is 245 g/mol. The minimum Gasteiger partial charge on any atom is -0.496 e. The van der Waals surface area contributed by atoms with Crippen molar-refractivity contribution in [3.63, 3.8) is 0 Å². The molecule has 94 valence electrons. The summed E-state index contributed by atoms with van der Waals surface area (Å²) in [6.07, 6.45) is 0. The van der Waals surface area contributed by atoms with Crippen molar-refractivity contribution < 1.29 is 9.13 Å². The minimum atomic E-state index is -0.337. The summed E-state index contributed by atoms with van der Waals surface area (Å²) in [5.74, 6) is 0.371. The summed E-state index contributed by atoms with van der Waals surface area (Å²) in [6.45, 7) is 3.97. The normalized spacial score (nSPS) is 10.4. The maximum atomic E-state index is 13.9. The number of hydrogen-bond donors (Lipinski definition) is 1. The van der Waals surface area contributed by atoms with E-state index in [0.29, 0.717) is 17.0 Å². The summed E-state index contributed by atoms with van der Waals surface area (Å²) in [6, 6.07) is 8.52. The Labute approximate surface area is 106 Å². The quantitative estimate of drug-likeness (QED) is 0.819. The molecule has 2 N–H and O–H groups in total. The van der Waals surface area contributed by atoms with Gasteiger partial charge in [-0.15, -0.1) is 0 Å². The Kier molecular flexibility index (Phi) is 3.24. The fourth-order valence-corrected chi connectivity index (χ4v) is 2.02. The zero-order valence-corrected chi connectivity index (χ0v) is 10.8. The van der Waals surface area contributed by atoms with E-state index in [-0.39, 0.29) is 5.82 Å². The van der Waals surface area contributed by atoms with Gasteiger partial charge in [0.05, 0.1) is 7.11 Å². The van der Waals surface area contributed by atoms with Crippen LogP contribution in [0.15, 0.2) is 30.3 Å². The molecule has 2 aromatic carbocycles. The summed E-state index contributed by atoms with van der Waals surface area (Å²) in [4.78, 5) is 0. The van der Waals surface area contributed by atoms with Crippen molar-refractivity contribution in [3.8, 4) is 16.9 Å². The van der Waals surface area contributed by atoms with Crippen molar-refractivity contribution in [1.29, 1.82) is 0 Å². The molecule has 0 saturated carbocycles. The van der Waals surface area contributed by atoms with Crippen LogP contribution in [0, 0.1) is 19.7 Å². The molecule has 2 rings (SSSR count). The van der Waals surface area contributed by atoms with Crippen molar-refractivity contribution in [2.45, 2.75) is 13.8 Å². The Bertz CT molecular complexity index is 593. The first-order valence-electron chi connectivity index (χ1n) is 5.74. The van der Waals surface area contributed by atoms with Gasteiger partial charge < -0.3 is 10.5 Å². The molecule has 2 aromatic rings. The van der Waals surface area contributed by atoms with Gasteiger partial charge in [-0.3, -0.25) is 0 Å². The van der Waals surface area contributed by atoms with Crippen molar-refractivity contribution in [2.75, 3.05) is 12.8 Å². The van der Waals surface area contributed by atoms with Crippen LogP contribution in [-0.2, 0) is 0 Å². The predicted octanol–water partition coefficient (Wildman–Crippen LogP) is 3.70. The number of rotatable bonds is 2. The van der Waals surface area contributed by atoms with Crippen molar-refractivity contribution in [3.05, 3.63) is 47.3 Å². The number of halogens is 1. The molecular formula is C15H16FNO. The molecule has 3 heteroatoms. The minimum absolute atomic E-state index is 0.337. The van der Waals surface area contributed by atoms with Gasteiger partial charge in [-0.25, -0.2) is 4.39 Å². The van der Waals surface area contributed by atoms with E-state index in [1.54, 1.807) is 19.2 Å². The summed E-state index contributed by atoms with van der Waals surface area (Å²) in [7, 11) is 1.60. The average Bonchev–Trinajstić information content (AvgIpc) is 2.33. The highest BCUT2D eigenvalue weighted by molar-refractivity contribution is 5.74. The van der Waals surface area contributed by atoms with Crippen LogP contribution in [-0.4, -0.2) is 7.11 Å². The molecule has 0 fully saturated rings. The van der Waals surface area contributed by atoms with Crippen LogP contribution >= 0.6 is 0 Å². The van der Waals surface area contributed by atoms with Crippen LogP contribution < -0.4 is 10.5 Å². The van der Waals surface area contributed by atoms with Crippen molar-refractivity contribution >= 4 is 5.69 Å². The van der Waals surface area contributed by atoms with Gasteiger partial charge in [-0.05, 0) is 43.2 Å². The Balaban J connectivity index is 2.67. The lowest BCUT2D eigenvalue weighted by Gasteiger charge is -2.14. The molecule has 0 atom stereocenters. The second-order valence-corrected chi connectivity index (χ2v) is 4.33. The number of anilines is 1.